The van der Waals surface area contributed by atoms with Crippen molar-refractivity contribution < 1.29 is 14.6 Å². The van der Waals surface area contributed by atoms with E-state index in [0.29, 0.717) is 19.1 Å². The van der Waals surface area contributed by atoms with Crippen molar-refractivity contribution in [2.75, 3.05) is 31.1 Å². The van der Waals surface area contributed by atoms with Crippen LogP contribution in [0.15, 0.2) is 41.3 Å². The minimum atomic E-state index is -1.02. The lowest BCUT2D eigenvalue weighted by atomic mass is 10.0. The van der Waals surface area contributed by atoms with Gasteiger partial charge in [-0.1, -0.05) is 6.92 Å². The van der Waals surface area contributed by atoms with E-state index in [9.17, 15) is 9.59 Å². The molecule has 0 saturated carbocycles. The number of aryl methyl sites for hydroxylation is 1. The van der Waals surface area contributed by atoms with Gasteiger partial charge in [0.1, 0.15) is 11.4 Å². The van der Waals surface area contributed by atoms with E-state index in [4.69, 9.17) is 9.84 Å². The van der Waals surface area contributed by atoms with E-state index in [1.165, 1.54) is 0 Å². The van der Waals surface area contributed by atoms with E-state index < -0.39 is 5.97 Å². The molecule has 32 heavy (non-hydrogen) atoms. The van der Waals surface area contributed by atoms with Crippen LogP contribution in [0.1, 0.15) is 35.0 Å². The maximum Gasteiger partial charge on any atom is 0.354 e. The zero-order valence-corrected chi connectivity index (χ0v) is 18.0. The van der Waals surface area contributed by atoms with Gasteiger partial charge in [-0.2, -0.15) is 0 Å². The van der Waals surface area contributed by atoms with Crippen LogP contribution in [-0.2, 0) is 13.0 Å². The van der Waals surface area contributed by atoms with Crippen LogP contribution in [0.5, 0.6) is 5.75 Å². The van der Waals surface area contributed by atoms with Crippen molar-refractivity contribution in [3.63, 3.8) is 0 Å². The smallest absolute Gasteiger partial charge is 0.354 e. The molecule has 4 heterocycles. The molecular weight excluding hydrogens is 408 g/mol. The van der Waals surface area contributed by atoms with Crippen LogP contribution in [0.3, 0.4) is 0 Å². The molecule has 8 heteroatoms. The summed E-state index contributed by atoms with van der Waals surface area (Å²) in [6.45, 7) is 5.92. The van der Waals surface area contributed by atoms with Crippen LogP contribution in [0, 0.1) is 0 Å². The first kappa shape index (κ1) is 20.5. The second kappa shape index (κ2) is 8.27. The standard InChI is InChI=1S/C24H26N4O4/c1-2-15-9-16-11-22-17(10-21(16)26-23(15)29)13-27-6-7-28(14-19(27)5-8-32-22)18-3-4-20(24(30)31)25-12-18/h3-4,9-12,19H,2,5-8,13-14H2,1H3,(H,26,29)(H,30,31)/t19-/m1/s1. The molecule has 3 aromatic rings. The number of carboxylic acid groups (broad SMARTS) is 1. The number of aromatic nitrogens is 2. The Balaban J connectivity index is 1.38. The summed E-state index contributed by atoms with van der Waals surface area (Å²) in [5.74, 6) is -0.127. The summed E-state index contributed by atoms with van der Waals surface area (Å²) in [6, 6.07) is 9.75. The summed E-state index contributed by atoms with van der Waals surface area (Å²) in [7, 11) is 0. The Morgan fingerprint density at radius 1 is 1.28 bits per heavy atom. The molecular formula is C24H26N4O4. The Bertz CT molecular complexity index is 1220. The molecule has 8 nitrogen and oxygen atoms in total. The Labute approximate surface area is 185 Å². The van der Waals surface area contributed by atoms with Gasteiger partial charge in [0.2, 0.25) is 0 Å². The van der Waals surface area contributed by atoms with Gasteiger partial charge in [-0.25, -0.2) is 9.78 Å². The molecule has 2 N–H and O–H groups in total. The maximum absolute atomic E-state index is 12.3. The molecule has 0 unspecified atom stereocenters. The summed E-state index contributed by atoms with van der Waals surface area (Å²) < 4.78 is 6.16. The molecule has 2 aliphatic heterocycles. The third kappa shape index (κ3) is 3.82. The average molecular weight is 434 g/mol. The number of hydrogen-bond donors (Lipinski definition) is 2. The number of H-pyrrole nitrogens is 1. The van der Waals surface area contributed by atoms with Gasteiger partial charge < -0.3 is 19.7 Å². The molecule has 0 spiro atoms. The Hall–Kier alpha value is -3.39. The number of hydrogen-bond acceptors (Lipinski definition) is 6. The molecule has 0 aliphatic carbocycles. The maximum atomic E-state index is 12.3. The number of fused-ring (bicyclic) bond motifs is 3. The van der Waals surface area contributed by atoms with Crippen LogP contribution in [-0.4, -0.2) is 58.2 Å². The lowest BCUT2D eigenvalue weighted by Crippen LogP contribution is -2.53. The normalized spacial score (nSPS) is 18.9. The second-order valence-electron chi connectivity index (χ2n) is 8.44. The number of piperazine rings is 1. The minimum Gasteiger partial charge on any atom is -0.493 e. The Morgan fingerprint density at radius 3 is 2.91 bits per heavy atom. The molecule has 1 atom stereocenters. The van der Waals surface area contributed by atoms with Gasteiger partial charge >= 0.3 is 5.97 Å². The zero-order chi connectivity index (χ0) is 22.2. The number of aromatic carboxylic acids is 1. The average Bonchev–Trinajstić information content (AvgIpc) is 2.78. The highest BCUT2D eigenvalue weighted by atomic mass is 16.5. The highest BCUT2D eigenvalue weighted by Gasteiger charge is 2.29. The fourth-order valence-corrected chi connectivity index (χ4v) is 4.68. The third-order valence-electron chi connectivity index (χ3n) is 6.50. The summed E-state index contributed by atoms with van der Waals surface area (Å²) in [4.78, 5) is 35.1. The zero-order valence-electron chi connectivity index (χ0n) is 18.0. The largest absolute Gasteiger partial charge is 0.493 e. The van der Waals surface area contributed by atoms with Gasteiger partial charge in [0.15, 0.2) is 0 Å². The predicted molar refractivity (Wildman–Crippen MR) is 122 cm³/mol. The number of aromatic amines is 1. The number of carboxylic acids is 1. The summed E-state index contributed by atoms with van der Waals surface area (Å²) in [5, 5.41) is 10.1. The van der Waals surface area contributed by atoms with E-state index in [0.717, 1.165) is 66.1 Å². The first-order valence-electron chi connectivity index (χ1n) is 11.0. The monoisotopic (exact) mass is 434 g/mol. The van der Waals surface area contributed by atoms with Crippen LogP contribution in [0.25, 0.3) is 10.9 Å². The van der Waals surface area contributed by atoms with E-state index >= 15 is 0 Å². The SMILES string of the molecule is CCc1cc2cc3c(cc2[nH]c1=O)CN1CCN(c2ccc(C(=O)O)nc2)C[C@H]1CCO3. The van der Waals surface area contributed by atoms with E-state index in [1.807, 2.05) is 25.1 Å². The van der Waals surface area contributed by atoms with Crippen molar-refractivity contribution in [1.29, 1.82) is 0 Å². The molecule has 1 fully saturated rings. The fourth-order valence-electron chi connectivity index (χ4n) is 4.68. The third-order valence-corrected chi connectivity index (χ3v) is 6.50. The van der Waals surface area contributed by atoms with Crippen LogP contribution in [0.2, 0.25) is 0 Å². The molecule has 5 rings (SSSR count). The predicted octanol–water partition coefficient (Wildman–Crippen LogP) is 2.66. The fraction of sp³-hybridized carbons (Fsp3) is 0.375. The van der Waals surface area contributed by atoms with Crippen molar-refractivity contribution in [2.24, 2.45) is 0 Å². The van der Waals surface area contributed by atoms with Crippen molar-refractivity contribution in [3.05, 3.63) is 63.7 Å². The number of benzene rings is 1. The molecule has 2 aliphatic rings. The van der Waals surface area contributed by atoms with E-state index in [1.54, 1.807) is 12.3 Å². The van der Waals surface area contributed by atoms with E-state index in [2.05, 4.69) is 25.8 Å². The summed E-state index contributed by atoms with van der Waals surface area (Å²) in [5.41, 5.74) is 3.68. The van der Waals surface area contributed by atoms with Gasteiger partial charge in [0.05, 0.1) is 18.5 Å². The molecule has 0 bridgehead atoms. The number of nitrogens with zero attached hydrogens (tertiary/aromatic N) is 3. The van der Waals surface area contributed by atoms with Gasteiger partial charge in [-0.05, 0) is 43.2 Å². The van der Waals surface area contributed by atoms with Gasteiger partial charge in [-0.15, -0.1) is 0 Å². The van der Waals surface area contributed by atoms with Crippen molar-refractivity contribution in [1.82, 2.24) is 14.9 Å². The number of nitrogens with one attached hydrogen (secondary N) is 1. The number of anilines is 1. The van der Waals surface area contributed by atoms with E-state index in [-0.39, 0.29) is 11.3 Å². The van der Waals surface area contributed by atoms with Gasteiger partial charge in [-0.3, -0.25) is 9.69 Å². The number of carbonyl (C=O) groups is 1. The summed E-state index contributed by atoms with van der Waals surface area (Å²) >= 11 is 0. The van der Waals surface area contributed by atoms with Crippen LogP contribution >= 0.6 is 0 Å². The summed E-state index contributed by atoms with van der Waals surface area (Å²) in [6.07, 6.45) is 3.24. The van der Waals surface area contributed by atoms with Crippen LogP contribution in [0.4, 0.5) is 5.69 Å². The molecule has 0 radical (unpaired) electrons. The Kier molecular flexibility index (Phi) is 5.30. The quantitative estimate of drug-likeness (QED) is 0.654. The molecule has 2 aromatic heterocycles. The number of rotatable bonds is 3. The first-order valence-corrected chi connectivity index (χ1v) is 11.0. The first-order chi connectivity index (χ1) is 15.5. The molecule has 1 saturated heterocycles. The van der Waals surface area contributed by atoms with Crippen molar-refractivity contribution >= 4 is 22.6 Å². The highest BCUT2D eigenvalue weighted by Crippen LogP contribution is 2.31. The lowest BCUT2D eigenvalue weighted by Gasteiger charge is -2.43. The Morgan fingerprint density at radius 2 is 2.16 bits per heavy atom. The van der Waals surface area contributed by atoms with Crippen LogP contribution < -0.4 is 15.2 Å². The van der Waals surface area contributed by atoms with Crippen molar-refractivity contribution in [2.45, 2.75) is 32.4 Å². The lowest BCUT2D eigenvalue weighted by molar-refractivity contribution is 0.0690. The number of pyridine rings is 2. The number of ether oxygens (including phenoxy) is 1. The second-order valence-corrected chi connectivity index (χ2v) is 8.44. The molecule has 166 valence electrons. The van der Waals surface area contributed by atoms with Crippen molar-refractivity contribution in [3.8, 4) is 5.75 Å². The topological polar surface area (TPSA) is 98.8 Å². The molecule has 0 amide bonds. The van der Waals surface area contributed by atoms with Gasteiger partial charge in [0.25, 0.3) is 5.56 Å². The minimum absolute atomic E-state index is 0.0271. The molecule has 1 aromatic carbocycles. The highest BCUT2D eigenvalue weighted by molar-refractivity contribution is 5.85. The van der Waals surface area contributed by atoms with Gasteiger partial charge in [0, 0.05) is 54.3 Å².